The Morgan fingerprint density at radius 1 is 1.28 bits per heavy atom. The fourth-order valence-electron chi connectivity index (χ4n) is 1.52. The SMILES string of the molecule is COC(=O)C1=C(C(=O)OC)N=CC(CBr)(CBr)C1. The Hall–Kier alpha value is -0.690. The van der Waals surface area contributed by atoms with Crippen LogP contribution < -0.4 is 0 Å². The van der Waals surface area contributed by atoms with E-state index in [1.807, 2.05) is 0 Å². The van der Waals surface area contributed by atoms with E-state index in [-0.39, 0.29) is 16.7 Å². The highest BCUT2D eigenvalue weighted by Crippen LogP contribution is 2.35. The zero-order valence-electron chi connectivity index (χ0n) is 10.0. The fourth-order valence-corrected chi connectivity index (χ4v) is 3.14. The van der Waals surface area contributed by atoms with E-state index in [9.17, 15) is 9.59 Å². The Morgan fingerprint density at radius 3 is 2.28 bits per heavy atom. The number of carbonyl (C=O) groups is 2. The molecular weight excluding hydrogens is 370 g/mol. The Labute approximate surface area is 122 Å². The molecule has 1 rings (SSSR count). The van der Waals surface area contributed by atoms with Crippen LogP contribution in [0, 0.1) is 5.41 Å². The highest BCUT2D eigenvalue weighted by molar-refractivity contribution is 9.09. The lowest BCUT2D eigenvalue weighted by molar-refractivity contribution is -0.139. The minimum atomic E-state index is -0.635. The van der Waals surface area contributed by atoms with Gasteiger partial charge in [-0.05, 0) is 6.42 Å². The number of ether oxygens (including phenoxy) is 2. The smallest absolute Gasteiger partial charge is 0.357 e. The van der Waals surface area contributed by atoms with Crippen molar-refractivity contribution in [1.82, 2.24) is 0 Å². The molecule has 0 aliphatic carbocycles. The minimum absolute atomic E-state index is 0.0156. The van der Waals surface area contributed by atoms with Gasteiger partial charge in [0.15, 0.2) is 5.70 Å². The molecule has 0 radical (unpaired) electrons. The predicted octanol–water partition coefficient (Wildman–Crippen LogP) is 1.84. The Morgan fingerprint density at radius 2 is 1.83 bits per heavy atom. The highest BCUT2D eigenvalue weighted by atomic mass is 79.9. The molecule has 0 atom stereocenters. The van der Waals surface area contributed by atoms with Gasteiger partial charge in [0.2, 0.25) is 0 Å². The number of hydrogen-bond acceptors (Lipinski definition) is 5. The molecular formula is C11H13Br2NO4. The van der Waals surface area contributed by atoms with Gasteiger partial charge in [-0.15, -0.1) is 0 Å². The first-order valence-corrected chi connectivity index (χ1v) is 7.35. The van der Waals surface area contributed by atoms with Crippen LogP contribution in [0.5, 0.6) is 0 Å². The van der Waals surface area contributed by atoms with E-state index in [4.69, 9.17) is 0 Å². The van der Waals surface area contributed by atoms with E-state index in [1.54, 1.807) is 6.21 Å². The van der Waals surface area contributed by atoms with Crippen LogP contribution in [0.2, 0.25) is 0 Å². The number of nitrogens with zero attached hydrogens (tertiary/aromatic N) is 1. The summed E-state index contributed by atoms with van der Waals surface area (Å²) >= 11 is 6.78. The van der Waals surface area contributed by atoms with Crippen LogP contribution in [0.25, 0.3) is 0 Å². The van der Waals surface area contributed by atoms with Crippen molar-refractivity contribution in [2.75, 3.05) is 24.9 Å². The zero-order chi connectivity index (χ0) is 13.8. The number of hydrogen-bond donors (Lipinski definition) is 0. The summed E-state index contributed by atoms with van der Waals surface area (Å²) < 4.78 is 9.30. The molecule has 18 heavy (non-hydrogen) atoms. The van der Waals surface area contributed by atoms with Gasteiger partial charge in [0.05, 0.1) is 19.8 Å². The number of alkyl halides is 2. The standard InChI is InChI=1S/C11H13Br2NO4/c1-17-9(15)7-3-11(4-12,5-13)6-14-8(7)10(16)18-2/h6H,3-5H2,1-2H3. The molecule has 0 N–H and O–H groups in total. The monoisotopic (exact) mass is 381 g/mol. The van der Waals surface area contributed by atoms with Crippen molar-refractivity contribution in [1.29, 1.82) is 0 Å². The average molecular weight is 383 g/mol. The maximum absolute atomic E-state index is 11.7. The average Bonchev–Trinajstić information content (AvgIpc) is 2.44. The minimum Gasteiger partial charge on any atom is -0.466 e. The van der Waals surface area contributed by atoms with Crippen LogP contribution in [0.4, 0.5) is 0 Å². The molecule has 5 nitrogen and oxygen atoms in total. The summed E-state index contributed by atoms with van der Waals surface area (Å²) in [7, 11) is 2.52. The van der Waals surface area contributed by atoms with Crippen molar-refractivity contribution in [2.45, 2.75) is 6.42 Å². The van der Waals surface area contributed by atoms with Gasteiger partial charge < -0.3 is 9.47 Å². The normalized spacial score (nSPS) is 17.6. The number of esters is 2. The van der Waals surface area contributed by atoms with Crippen LogP contribution in [0.3, 0.4) is 0 Å². The molecule has 0 fully saturated rings. The summed E-state index contributed by atoms with van der Waals surface area (Å²) in [6, 6.07) is 0. The van der Waals surface area contributed by atoms with Crippen molar-refractivity contribution in [3.8, 4) is 0 Å². The van der Waals surface area contributed by atoms with E-state index in [1.165, 1.54) is 14.2 Å². The van der Waals surface area contributed by atoms with Gasteiger partial charge in [-0.2, -0.15) is 0 Å². The van der Waals surface area contributed by atoms with Crippen molar-refractivity contribution >= 4 is 50.0 Å². The maximum Gasteiger partial charge on any atom is 0.357 e. The van der Waals surface area contributed by atoms with Gasteiger partial charge in [0, 0.05) is 22.3 Å². The van der Waals surface area contributed by atoms with Crippen LogP contribution in [0.1, 0.15) is 6.42 Å². The van der Waals surface area contributed by atoms with Crippen LogP contribution >= 0.6 is 31.9 Å². The molecule has 1 heterocycles. The summed E-state index contributed by atoms with van der Waals surface area (Å²) in [5.74, 6) is -1.19. The molecule has 0 aromatic heterocycles. The summed E-state index contributed by atoms with van der Waals surface area (Å²) in [5, 5.41) is 1.23. The summed E-state index contributed by atoms with van der Waals surface area (Å²) in [6.45, 7) is 0. The van der Waals surface area contributed by atoms with Crippen molar-refractivity contribution in [3.05, 3.63) is 11.3 Å². The maximum atomic E-state index is 11.7. The van der Waals surface area contributed by atoms with Gasteiger partial charge in [-0.3, -0.25) is 4.99 Å². The second-order valence-corrected chi connectivity index (χ2v) is 5.00. The lowest BCUT2D eigenvalue weighted by Crippen LogP contribution is -2.33. The first kappa shape index (κ1) is 15.4. The third-order valence-corrected chi connectivity index (χ3v) is 4.86. The van der Waals surface area contributed by atoms with E-state index in [2.05, 4.69) is 46.3 Å². The zero-order valence-corrected chi connectivity index (χ0v) is 13.2. The van der Waals surface area contributed by atoms with Gasteiger partial charge in [0.1, 0.15) is 0 Å². The van der Waals surface area contributed by atoms with Gasteiger partial charge in [-0.1, -0.05) is 31.9 Å². The molecule has 0 bridgehead atoms. The fraction of sp³-hybridized carbons (Fsp3) is 0.545. The second-order valence-electron chi connectivity index (χ2n) is 3.87. The molecule has 0 spiro atoms. The predicted molar refractivity (Wildman–Crippen MR) is 74.2 cm³/mol. The molecule has 1 aliphatic rings. The summed E-state index contributed by atoms with van der Waals surface area (Å²) in [6.07, 6.45) is 2.03. The van der Waals surface area contributed by atoms with Crippen LogP contribution in [-0.4, -0.2) is 43.0 Å². The number of rotatable bonds is 4. The van der Waals surface area contributed by atoms with E-state index in [0.717, 1.165) is 0 Å². The molecule has 0 aromatic rings. The number of methoxy groups -OCH3 is 2. The molecule has 100 valence electrons. The number of halogens is 2. The number of carbonyl (C=O) groups excluding carboxylic acids is 2. The summed E-state index contributed by atoms with van der Waals surface area (Å²) in [5.41, 5.74) is -0.0891. The molecule has 0 amide bonds. The molecule has 0 saturated carbocycles. The van der Waals surface area contributed by atoms with Gasteiger partial charge >= 0.3 is 11.9 Å². The third-order valence-electron chi connectivity index (χ3n) is 2.63. The quantitative estimate of drug-likeness (QED) is 0.549. The second kappa shape index (κ2) is 6.47. The van der Waals surface area contributed by atoms with E-state index >= 15 is 0 Å². The molecule has 7 heteroatoms. The molecule has 1 aliphatic heterocycles. The van der Waals surface area contributed by atoms with Gasteiger partial charge in [-0.25, -0.2) is 9.59 Å². The first-order chi connectivity index (χ1) is 8.53. The van der Waals surface area contributed by atoms with Crippen LogP contribution in [0.15, 0.2) is 16.3 Å². The van der Waals surface area contributed by atoms with E-state index in [0.29, 0.717) is 17.1 Å². The Balaban J connectivity index is 3.19. The van der Waals surface area contributed by atoms with Gasteiger partial charge in [0.25, 0.3) is 0 Å². The Bertz CT molecular complexity index is 413. The van der Waals surface area contributed by atoms with Crippen molar-refractivity contribution < 1.29 is 19.1 Å². The molecule has 0 saturated heterocycles. The topological polar surface area (TPSA) is 65.0 Å². The third kappa shape index (κ3) is 3.00. The largest absolute Gasteiger partial charge is 0.466 e. The highest BCUT2D eigenvalue weighted by Gasteiger charge is 2.36. The van der Waals surface area contributed by atoms with Crippen molar-refractivity contribution in [2.24, 2.45) is 10.4 Å². The lowest BCUT2D eigenvalue weighted by atomic mass is 9.84. The molecule has 0 unspecified atom stereocenters. The van der Waals surface area contributed by atoms with Crippen LogP contribution in [-0.2, 0) is 19.1 Å². The Kier molecular flexibility index (Phi) is 5.52. The van der Waals surface area contributed by atoms with E-state index < -0.39 is 11.9 Å². The van der Waals surface area contributed by atoms with Crippen molar-refractivity contribution in [3.63, 3.8) is 0 Å². The molecule has 0 aromatic carbocycles. The first-order valence-electron chi connectivity index (χ1n) is 5.10. The summed E-state index contributed by atoms with van der Waals surface area (Å²) in [4.78, 5) is 27.4. The number of aliphatic imine (C=N–C) groups is 1. The lowest BCUT2D eigenvalue weighted by Gasteiger charge is -2.29.